The Morgan fingerprint density at radius 2 is 1.54 bits per heavy atom. The smallest absolute Gasteiger partial charge is 0.194 e. The number of rotatable bonds is 5. The van der Waals surface area contributed by atoms with E-state index in [0.29, 0.717) is 0 Å². The standard InChI is InChI=1S/C4H11ClN2O4S2/c1-3-7(4-2)13(10,11)6-12(5,8)9/h6H,3-4H2,1-2H3. The molecule has 0 unspecified atom stereocenters. The molecule has 0 aromatic heterocycles. The fourth-order valence-corrected chi connectivity index (χ4v) is 3.57. The van der Waals surface area contributed by atoms with Gasteiger partial charge < -0.3 is 0 Å². The second-order valence-corrected chi connectivity index (χ2v) is 6.34. The molecule has 0 aliphatic rings. The summed E-state index contributed by atoms with van der Waals surface area (Å²) in [4.78, 5) is 0. The molecule has 0 aliphatic carbocycles. The van der Waals surface area contributed by atoms with E-state index in [0.717, 1.165) is 4.31 Å². The van der Waals surface area contributed by atoms with E-state index >= 15 is 0 Å². The SMILES string of the molecule is CCN(CC)S(=O)(=O)NS(=O)(=O)Cl. The predicted molar refractivity (Wildman–Crippen MR) is 49.7 cm³/mol. The van der Waals surface area contributed by atoms with Crippen LogP contribution in [0.5, 0.6) is 0 Å². The molecular formula is C4H11ClN2O4S2. The maximum Gasteiger partial charge on any atom is 0.311 e. The Labute approximate surface area is 82.6 Å². The van der Waals surface area contributed by atoms with Crippen LogP contribution >= 0.6 is 10.7 Å². The number of halogens is 1. The fourth-order valence-electron chi connectivity index (χ4n) is 0.742. The Morgan fingerprint density at radius 1 is 1.15 bits per heavy atom. The van der Waals surface area contributed by atoms with Crippen LogP contribution in [0.25, 0.3) is 0 Å². The maximum absolute atomic E-state index is 11.2. The van der Waals surface area contributed by atoms with Crippen LogP contribution in [-0.2, 0) is 19.4 Å². The van der Waals surface area contributed by atoms with Crippen molar-refractivity contribution in [2.75, 3.05) is 13.1 Å². The van der Waals surface area contributed by atoms with E-state index in [2.05, 4.69) is 0 Å². The highest BCUT2D eigenvalue weighted by atomic mass is 35.7. The van der Waals surface area contributed by atoms with Crippen molar-refractivity contribution in [3.8, 4) is 0 Å². The van der Waals surface area contributed by atoms with Gasteiger partial charge in [-0.3, -0.25) is 0 Å². The number of nitrogens with zero attached hydrogens (tertiary/aromatic N) is 1. The van der Waals surface area contributed by atoms with Crippen molar-refractivity contribution in [1.29, 1.82) is 0 Å². The second-order valence-electron chi connectivity index (χ2n) is 2.11. The summed E-state index contributed by atoms with van der Waals surface area (Å²) in [5, 5.41) is 0. The minimum absolute atomic E-state index is 0.179. The molecule has 0 heterocycles. The lowest BCUT2D eigenvalue weighted by Gasteiger charge is -2.16. The van der Waals surface area contributed by atoms with Gasteiger partial charge in [0.25, 0.3) is 10.2 Å². The molecule has 0 rings (SSSR count). The molecule has 0 bridgehead atoms. The highest BCUT2D eigenvalue weighted by Crippen LogP contribution is 2.01. The van der Waals surface area contributed by atoms with E-state index in [-0.39, 0.29) is 13.1 Å². The molecule has 0 saturated heterocycles. The summed E-state index contributed by atoms with van der Waals surface area (Å²) in [5.74, 6) is 0. The van der Waals surface area contributed by atoms with E-state index in [1.807, 2.05) is 0 Å². The van der Waals surface area contributed by atoms with Crippen LogP contribution in [0.2, 0.25) is 0 Å². The topological polar surface area (TPSA) is 83.6 Å². The Morgan fingerprint density at radius 3 is 1.77 bits per heavy atom. The largest absolute Gasteiger partial charge is 0.311 e. The lowest BCUT2D eigenvalue weighted by Crippen LogP contribution is -2.41. The lowest BCUT2D eigenvalue weighted by molar-refractivity contribution is 0.442. The third-order valence-corrected chi connectivity index (χ3v) is 4.65. The third-order valence-electron chi connectivity index (χ3n) is 1.25. The molecule has 9 heteroatoms. The van der Waals surface area contributed by atoms with Gasteiger partial charge in [-0.1, -0.05) is 18.0 Å². The van der Waals surface area contributed by atoms with Gasteiger partial charge in [0.2, 0.25) is 0 Å². The summed E-state index contributed by atoms with van der Waals surface area (Å²) < 4.78 is 45.5. The van der Waals surface area contributed by atoms with Crippen molar-refractivity contribution in [3.05, 3.63) is 0 Å². The molecule has 13 heavy (non-hydrogen) atoms. The fraction of sp³-hybridized carbons (Fsp3) is 1.00. The molecule has 0 amide bonds. The zero-order valence-electron chi connectivity index (χ0n) is 7.19. The Bertz CT molecular complexity index is 344. The number of hydrogen-bond acceptors (Lipinski definition) is 4. The zero-order chi connectivity index (χ0) is 10.7. The van der Waals surface area contributed by atoms with Crippen molar-refractivity contribution < 1.29 is 16.8 Å². The molecule has 0 spiro atoms. The Balaban J connectivity index is 4.78. The average molecular weight is 251 g/mol. The van der Waals surface area contributed by atoms with E-state index < -0.39 is 19.4 Å². The first kappa shape index (κ1) is 13.1. The van der Waals surface area contributed by atoms with E-state index in [1.165, 1.54) is 4.13 Å². The van der Waals surface area contributed by atoms with Gasteiger partial charge in [-0.2, -0.15) is 21.1 Å². The molecule has 0 aromatic carbocycles. The number of nitrogens with one attached hydrogen (secondary N) is 1. The second kappa shape index (κ2) is 4.56. The molecule has 0 aliphatic heterocycles. The van der Waals surface area contributed by atoms with Gasteiger partial charge in [0.05, 0.1) is 0 Å². The normalized spacial score (nSPS) is 13.5. The van der Waals surface area contributed by atoms with Crippen LogP contribution in [0.1, 0.15) is 13.8 Å². The maximum atomic E-state index is 11.2. The Kier molecular flexibility index (Phi) is 4.60. The minimum atomic E-state index is -4.25. The zero-order valence-corrected chi connectivity index (χ0v) is 9.58. The van der Waals surface area contributed by atoms with Crippen molar-refractivity contribution in [2.45, 2.75) is 13.8 Å². The predicted octanol–water partition coefficient (Wildman–Crippen LogP) is -0.354. The molecule has 0 atom stereocenters. The van der Waals surface area contributed by atoms with Crippen LogP contribution in [0, 0.1) is 0 Å². The monoisotopic (exact) mass is 250 g/mol. The van der Waals surface area contributed by atoms with Gasteiger partial charge in [0.15, 0.2) is 0 Å². The summed E-state index contributed by atoms with van der Waals surface area (Å²) in [6, 6.07) is 0. The molecule has 0 aromatic rings. The molecule has 0 saturated carbocycles. The van der Waals surface area contributed by atoms with Crippen LogP contribution in [0.3, 0.4) is 0 Å². The first-order valence-electron chi connectivity index (χ1n) is 3.46. The molecule has 80 valence electrons. The third kappa shape index (κ3) is 4.77. The van der Waals surface area contributed by atoms with Gasteiger partial charge in [-0.25, -0.2) is 0 Å². The van der Waals surface area contributed by atoms with Crippen molar-refractivity contribution >= 4 is 30.1 Å². The quantitative estimate of drug-likeness (QED) is 0.676. The lowest BCUT2D eigenvalue weighted by atomic mass is 10.7. The van der Waals surface area contributed by atoms with E-state index in [9.17, 15) is 16.8 Å². The van der Waals surface area contributed by atoms with Crippen molar-refractivity contribution in [1.82, 2.24) is 8.43 Å². The molecule has 6 nitrogen and oxygen atoms in total. The van der Waals surface area contributed by atoms with Gasteiger partial charge in [-0.15, -0.1) is 0 Å². The van der Waals surface area contributed by atoms with Gasteiger partial charge in [0.1, 0.15) is 0 Å². The minimum Gasteiger partial charge on any atom is -0.194 e. The molecule has 1 N–H and O–H groups in total. The number of hydrogen-bond donors (Lipinski definition) is 1. The van der Waals surface area contributed by atoms with Crippen LogP contribution in [0.15, 0.2) is 0 Å². The van der Waals surface area contributed by atoms with Crippen molar-refractivity contribution in [3.63, 3.8) is 0 Å². The van der Waals surface area contributed by atoms with Gasteiger partial charge in [-0.05, 0) is 0 Å². The van der Waals surface area contributed by atoms with E-state index in [4.69, 9.17) is 10.7 Å². The molecular weight excluding hydrogens is 240 g/mol. The summed E-state index contributed by atoms with van der Waals surface area (Å²) in [6.07, 6.45) is 0. The highest BCUT2D eigenvalue weighted by molar-refractivity contribution is 8.18. The van der Waals surface area contributed by atoms with Gasteiger partial charge >= 0.3 is 9.24 Å². The van der Waals surface area contributed by atoms with Crippen LogP contribution < -0.4 is 4.13 Å². The summed E-state index contributed by atoms with van der Waals surface area (Å²) in [6.45, 7) is 3.53. The summed E-state index contributed by atoms with van der Waals surface area (Å²) in [7, 11) is -3.54. The summed E-state index contributed by atoms with van der Waals surface area (Å²) >= 11 is 0. The first-order chi connectivity index (χ1) is 5.73. The molecule has 0 radical (unpaired) electrons. The van der Waals surface area contributed by atoms with Gasteiger partial charge in [0, 0.05) is 23.8 Å². The average Bonchev–Trinajstić information content (AvgIpc) is 1.83. The highest BCUT2D eigenvalue weighted by Gasteiger charge is 2.23. The Hall–Kier alpha value is 0.110. The van der Waals surface area contributed by atoms with Crippen LogP contribution in [-0.4, -0.2) is 34.2 Å². The summed E-state index contributed by atoms with van der Waals surface area (Å²) in [5.41, 5.74) is 0. The van der Waals surface area contributed by atoms with Crippen LogP contribution in [0.4, 0.5) is 0 Å². The van der Waals surface area contributed by atoms with Crippen molar-refractivity contribution in [2.24, 2.45) is 0 Å². The van der Waals surface area contributed by atoms with E-state index in [1.54, 1.807) is 13.8 Å². The first-order valence-corrected chi connectivity index (χ1v) is 7.21. The molecule has 0 fully saturated rings.